The molecule has 1 atom stereocenters. The molecule has 0 saturated heterocycles. The van der Waals surface area contributed by atoms with Gasteiger partial charge in [-0.05, 0) is 67.6 Å². The molecule has 0 spiro atoms. The van der Waals surface area contributed by atoms with Crippen LogP contribution >= 0.6 is 15.9 Å². The van der Waals surface area contributed by atoms with Crippen molar-refractivity contribution in [3.63, 3.8) is 0 Å². The van der Waals surface area contributed by atoms with Crippen molar-refractivity contribution in [2.24, 2.45) is 0 Å². The molecule has 0 saturated carbocycles. The van der Waals surface area contributed by atoms with E-state index in [4.69, 9.17) is 4.74 Å². The molecule has 0 radical (unpaired) electrons. The van der Waals surface area contributed by atoms with Crippen LogP contribution in [0.15, 0.2) is 88.2 Å². The van der Waals surface area contributed by atoms with Crippen LogP contribution in [0.2, 0.25) is 0 Å². The molecule has 3 aromatic carbocycles. The van der Waals surface area contributed by atoms with Crippen molar-refractivity contribution < 1.29 is 17.9 Å². The zero-order chi connectivity index (χ0) is 20.9. The van der Waals surface area contributed by atoms with Crippen LogP contribution in [-0.2, 0) is 14.8 Å². The predicted octanol–water partition coefficient (Wildman–Crippen LogP) is 4.55. The fraction of sp³-hybridized carbons (Fsp3) is 0.0952. The van der Waals surface area contributed by atoms with Gasteiger partial charge < -0.3 is 10.1 Å². The summed E-state index contributed by atoms with van der Waals surface area (Å²) in [4.78, 5) is 12.5. The fourth-order valence-corrected chi connectivity index (χ4v) is 3.92. The highest BCUT2D eigenvalue weighted by Gasteiger charge is 2.22. The number of benzene rings is 3. The average Bonchev–Trinajstić information content (AvgIpc) is 2.70. The van der Waals surface area contributed by atoms with E-state index in [9.17, 15) is 13.2 Å². The fourth-order valence-electron chi connectivity index (χ4n) is 2.45. The molecule has 0 heterocycles. The van der Waals surface area contributed by atoms with Gasteiger partial charge in [0.2, 0.25) is 15.9 Å². The maximum atomic E-state index is 12.4. The molecule has 29 heavy (non-hydrogen) atoms. The Hall–Kier alpha value is -2.68. The number of hydrogen-bond acceptors (Lipinski definition) is 4. The molecular formula is C21H19BrN2O4S. The van der Waals surface area contributed by atoms with Gasteiger partial charge in [0.25, 0.3) is 0 Å². The van der Waals surface area contributed by atoms with Crippen LogP contribution in [0.5, 0.6) is 11.5 Å². The lowest BCUT2D eigenvalue weighted by Crippen LogP contribution is -2.41. The van der Waals surface area contributed by atoms with E-state index < -0.39 is 22.0 Å². The Labute approximate surface area is 178 Å². The summed E-state index contributed by atoms with van der Waals surface area (Å²) in [7, 11) is -3.81. The van der Waals surface area contributed by atoms with Crippen LogP contribution in [0.1, 0.15) is 6.92 Å². The van der Waals surface area contributed by atoms with Crippen molar-refractivity contribution in [2.75, 3.05) is 5.32 Å². The first-order valence-corrected chi connectivity index (χ1v) is 11.0. The van der Waals surface area contributed by atoms with Gasteiger partial charge >= 0.3 is 0 Å². The number of ether oxygens (including phenoxy) is 1. The molecule has 2 N–H and O–H groups in total. The molecule has 0 bridgehead atoms. The Morgan fingerprint density at radius 1 is 0.897 bits per heavy atom. The van der Waals surface area contributed by atoms with Gasteiger partial charge in [0.15, 0.2) is 0 Å². The van der Waals surface area contributed by atoms with Gasteiger partial charge in [-0.15, -0.1) is 0 Å². The summed E-state index contributed by atoms with van der Waals surface area (Å²) < 4.78 is 33.7. The third kappa shape index (κ3) is 5.90. The maximum Gasteiger partial charge on any atom is 0.242 e. The topological polar surface area (TPSA) is 84.5 Å². The summed E-state index contributed by atoms with van der Waals surface area (Å²) in [5, 5.41) is 2.69. The minimum Gasteiger partial charge on any atom is -0.457 e. The summed E-state index contributed by atoms with van der Waals surface area (Å²) >= 11 is 3.26. The van der Waals surface area contributed by atoms with E-state index in [-0.39, 0.29) is 4.90 Å². The van der Waals surface area contributed by atoms with Crippen LogP contribution in [-0.4, -0.2) is 20.4 Å². The van der Waals surface area contributed by atoms with Gasteiger partial charge in [0.05, 0.1) is 10.9 Å². The lowest BCUT2D eigenvalue weighted by atomic mass is 10.2. The number of carbonyl (C=O) groups excluding carboxylic acids is 1. The molecule has 8 heteroatoms. The molecule has 0 fully saturated rings. The second kappa shape index (κ2) is 9.21. The highest BCUT2D eigenvalue weighted by Crippen LogP contribution is 2.22. The van der Waals surface area contributed by atoms with Crippen molar-refractivity contribution in [1.82, 2.24) is 4.72 Å². The number of carbonyl (C=O) groups is 1. The monoisotopic (exact) mass is 474 g/mol. The van der Waals surface area contributed by atoms with Crippen LogP contribution in [0.25, 0.3) is 0 Å². The zero-order valence-corrected chi connectivity index (χ0v) is 17.9. The molecule has 0 aromatic heterocycles. The number of rotatable bonds is 7. The van der Waals surface area contributed by atoms with E-state index >= 15 is 0 Å². The zero-order valence-electron chi connectivity index (χ0n) is 15.5. The molecule has 3 aromatic rings. The van der Waals surface area contributed by atoms with Gasteiger partial charge in [0.1, 0.15) is 11.5 Å². The van der Waals surface area contributed by atoms with Gasteiger partial charge in [-0.3, -0.25) is 4.79 Å². The Bertz CT molecular complexity index is 1070. The summed E-state index contributed by atoms with van der Waals surface area (Å²) in [5.74, 6) is 0.862. The van der Waals surface area contributed by atoms with E-state index in [1.807, 2.05) is 30.3 Å². The van der Waals surface area contributed by atoms with E-state index in [1.165, 1.54) is 19.1 Å². The quantitative estimate of drug-likeness (QED) is 0.525. The lowest BCUT2D eigenvalue weighted by Gasteiger charge is -2.15. The minimum atomic E-state index is -3.81. The van der Waals surface area contributed by atoms with Crippen LogP contribution in [0, 0.1) is 0 Å². The van der Waals surface area contributed by atoms with Crippen molar-refractivity contribution >= 4 is 37.5 Å². The van der Waals surface area contributed by atoms with E-state index in [0.29, 0.717) is 17.2 Å². The van der Waals surface area contributed by atoms with Crippen molar-refractivity contribution in [3.8, 4) is 11.5 Å². The SMILES string of the molecule is CC(NS(=O)(=O)c1ccc(Br)cc1)C(=O)Nc1ccc(Oc2ccccc2)cc1. The van der Waals surface area contributed by atoms with Gasteiger partial charge in [-0.1, -0.05) is 34.1 Å². The van der Waals surface area contributed by atoms with E-state index in [1.54, 1.807) is 36.4 Å². The molecule has 1 amide bonds. The minimum absolute atomic E-state index is 0.0859. The number of hydrogen-bond donors (Lipinski definition) is 2. The second-order valence-corrected chi connectivity index (χ2v) is 8.86. The Kier molecular flexibility index (Phi) is 6.68. The van der Waals surface area contributed by atoms with Crippen molar-refractivity contribution in [2.45, 2.75) is 17.9 Å². The third-order valence-electron chi connectivity index (χ3n) is 3.95. The van der Waals surface area contributed by atoms with Crippen LogP contribution < -0.4 is 14.8 Å². The molecule has 1 unspecified atom stereocenters. The highest BCUT2D eigenvalue weighted by molar-refractivity contribution is 9.10. The predicted molar refractivity (Wildman–Crippen MR) is 116 cm³/mol. The molecular weight excluding hydrogens is 456 g/mol. The second-order valence-electron chi connectivity index (χ2n) is 6.23. The van der Waals surface area contributed by atoms with Crippen molar-refractivity contribution in [3.05, 3.63) is 83.3 Å². The molecule has 6 nitrogen and oxygen atoms in total. The number of halogens is 1. The third-order valence-corrected chi connectivity index (χ3v) is 6.04. The smallest absolute Gasteiger partial charge is 0.242 e. The highest BCUT2D eigenvalue weighted by atomic mass is 79.9. The number of nitrogens with one attached hydrogen (secondary N) is 2. The first-order chi connectivity index (χ1) is 13.8. The Morgan fingerprint density at radius 3 is 2.10 bits per heavy atom. The van der Waals surface area contributed by atoms with Crippen LogP contribution in [0.4, 0.5) is 5.69 Å². The average molecular weight is 475 g/mol. The van der Waals surface area contributed by atoms with Crippen molar-refractivity contribution in [1.29, 1.82) is 0 Å². The number of sulfonamides is 1. The van der Waals surface area contributed by atoms with Gasteiger partial charge in [-0.25, -0.2) is 8.42 Å². The molecule has 150 valence electrons. The summed E-state index contributed by atoms with van der Waals surface area (Å²) in [6.07, 6.45) is 0. The molecule has 0 aliphatic heterocycles. The molecule has 0 aliphatic carbocycles. The Balaban J connectivity index is 1.59. The Morgan fingerprint density at radius 2 is 1.48 bits per heavy atom. The van der Waals surface area contributed by atoms with Crippen LogP contribution in [0.3, 0.4) is 0 Å². The lowest BCUT2D eigenvalue weighted by molar-refractivity contribution is -0.117. The standard InChI is InChI=1S/C21H19BrN2O4S/c1-15(24-29(26,27)20-13-7-16(22)8-14-20)21(25)23-17-9-11-19(12-10-17)28-18-5-3-2-4-6-18/h2-15,24H,1H3,(H,23,25). The summed E-state index contributed by atoms with van der Waals surface area (Å²) in [6.45, 7) is 1.48. The number of para-hydroxylation sites is 1. The maximum absolute atomic E-state index is 12.4. The summed E-state index contributed by atoms with van der Waals surface area (Å²) in [6, 6.07) is 21.4. The molecule has 0 aliphatic rings. The van der Waals surface area contributed by atoms with Gasteiger partial charge in [0, 0.05) is 10.2 Å². The normalized spacial score (nSPS) is 12.2. The number of anilines is 1. The van der Waals surface area contributed by atoms with E-state index in [2.05, 4.69) is 26.0 Å². The molecule has 3 rings (SSSR count). The van der Waals surface area contributed by atoms with E-state index in [0.717, 1.165) is 4.47 Å². The first kappa shape index (κ1) is 21.0. The summed E-state index contributed by atoms with van der Waals surface area (Å²) in [5.41, 5.74) is 0.533. The first-order valence-electron chi connectivity index (χ1n) is 8.75. The van der Waals surface area contributed by atoms with Gasteiger partial charge in [-0.2, -0.15) is 4.72 Å². The number of amides is 1. The largest absolute Gasteiger partial charge is 0.457 e.